The van der Waals surface area contributed by atoms with Gasteiger partial charge in [-0.3, -0.25) is 0 Å². The van der Waals surface area contributed by atoms with E-state index in [0.717, 1.165) is 15.1 Å². The molecule has 0 aliphatic heterocycles. The topological polar surface area (TPSA) is 149 Å². The molecule has 6 aromatic rings. The van der Waals surface area contributed by atoms with E-state index in [2.05, 4.69) is 9.97 Å². The Kier molecular flexibility index (Phi) is 9.49. The molecule has 0 bridgehead atoms. The second-order valence-electron chi connectivity index (χ2n) is 9.63. The number of carbonyl (C=O) groups is 2. The van der Waals surface area contributed by atoms with Crippen LogP contribution in [-0.2, 0) is 22.7 Å². The first-order chi connectivity index (χ1) is 22.4. The van der Waals surface area contributed by atoms with Gasteiger partial charge in [-0.2, -0.15) is 0 Å². The Morgan fingerprint density at radius 3 is 1.52 bits per heavy atom. The number of hydrogen-bond donors (Lipinski definition) is 2. The fourth-order valence-electron chi connectivity index (χ4n) is 4.82. The van der Waals surface area contributed by atoms with Crippen molar-refractivity contribution >= 4 is 76.9 Å². The third-order valence-corrected chi connectivity index (χ3v) is 10.6. The van der Waals surface area contributed by atoms with Crippen molar-refractivity contribution in [3.63, 3.8) is 0 Å². The van der Waals surface area contributed by atoms with Crippen molar-refractivity contribution in [1.82, 2.24) is 9.97 Å². The summed E-state index contributed by atoms with van der Waals surface area (Å²) >= 11 is 5.19. The van der Waals surface area contributed by atoms with Crippen LogP contribution in [0.1, 0.15) is 44.3 Å². The molecule has 0 spiro atoms. The standard InChI is InChI=1S/C32H28N4O6S4/c1-3-39-28(37)26-19(13-41-23-11-7-5-9-17(23)21-15-43-31(33)35-21)25-20(27(29(38)40-4-2)46-30(25)45-26)14-42-24-12-8-6-10-18(24)22-16-44-32(34)36-22/h5-12,15-16H,3-4,13-14H2,1-2H3,(H2,33,35)(H2,34,36). The van der Waals surface area contributed by atoms with Gasteiger partial charge >= 0.3 is 11.9 Å². The zero-order valence-corrected chi connectivity index (χ0v) is 28.0. The molecule has 0 saturated heterocycles. The van der Waals surface area contributed by atoms with E-state index in [-0.39, 0.29) is 26.4 Å². The van der Waals surface area contributed by atoms with Crippen molar-refractivity contribution in [2.24, 2.45) is 0 Å². The van der Waals surface area contributed by atoms with Gasteiger partial charge in [-0.15, -0.1) is 45.3 Å². The van der Waals surface area contributed by atoms with Crippen molar-refractivity contribution in [2.75, 3.05) is 24.7 Å². The predicted octanol–water partition coefficient (Wildman–Crippen LogP) is 7.89. The van der Waals surface area contributed by atoms with Crippen LogP contribution in [0.15, 0.2) is 59.3 Å². The highest BCUT2D eigenvalue weighted by Crippen LogP contribution is 2.44. The van der Waals surface area contributed by atoms with E-state index < -0.39 is 11.9 Å². The van der Waals surface area contributed by atoms with Gasteiger partial charge in [-0.1, -0.05) is 24.3 Å². The number of benzene rings is 2. The maximum atomic E-state index is 13.2. The van der Waals surface area contributed by atoms with Crippen LogP contribution in [0.5, 0.6) is 11.5 Å². The lowest BCUT2D eigenvalue weighted by Gasteiger charge is -2.13. The van der Waals surface area contributed by atoms with Crippen molar-refractivity contribution < 1.29 is 28.5 Å². The monoisotopic (exact) mass is 692 g/mol. The molecule has 0 aliphatic carbocycles. The van der Waals surface area contributed by atoms with E-state index in [1.807, 2.05) is 59.3 Å². The molecule has 0 aliphatic rings. The zero-order chi connectivity index (χ0) is 32.2. The Labute approximate surface area is 280 Å². The number of ether oxygens (including phenoxy) is 4. The SMILES string of the molecule is CCOC(=O)c1sc2sc(C(=O)OCC)c(COc3ccccc3-c3csc(N)n3)c2c1COc1ccccc1-c1csc(N)n1. The second-order valence-corrected chi connectivity index (χ2v) is 13.7. The van der Waals surface area contributed by atoms with Gasteiger partial charge in [-0.25, -0.2) is 19.6 Å². The lowest BCUT2D eigenvalue weighted by Crippen LogP contribution is -2.10. The smallest absolute Gasteiger partial charge is 0.348 e. The van der Waals surface area contributed by atoms with Crippen molar-refractivity contribution in [3.05, 3.63) is 80.2 Å². The van der Waals surface area contributed by atoms with Gasteiger partial charge < -0.3 is 30.4 Å². The molecule has 0 saturated carbocycles. The quantitative estimate of drug-likeness (QED) is 0.121. The van der Waals surface area contributed by atoms with Crippen molar-refractivity contribution in [1.29, 1.82) is 0 Å². The Morgan fingerprint density at radius 2 is 1.13 bits per heavy atom. The molecule has 0 unspecified atom stereocenters. The Balaban J connectivity index is 1.42. The van der Waals surface area contributed by atoms with Gasteiger partial charge in [-0.05, 0) is 38.1 Å². The van der Waals surface area contributed by atoms with E-state index in [1.165, 1.54) is 45.3 Å². The molecule has 46 heavy (non-hydrogen) atoms. The third kappa shape index (κ3) is 6.42. The highest BCUT2D eigenvalue weighted by Gasteiger charge is 2.29. The summed E-state index contributed by atoms with van der Waals surface area (Å²) in [5, 5.41) is 5.32. The zero-order valence-electron chi connectivity index (χ0n) is 24.7. The van der Waals surface area contributed by atoms with Crippen molar-refractivity contribution in [3.8, 4) is 34.0 Å². The number of nitrogens with two attached hydrogens (primary N) is 2. The van der Waals surface area contributed by atoms with Crippen LogP contribution in [0.3, 0.4) is 0 Å². The molecule has 0 fully saturated rings. The molecule has 4 heterocycles. The first-order valence-electron chi connectivity index (χ1n) is 14.2. The highest BCUT2D eigenvalue weighted by molar-refractivity contribution is 7.40. The number of esters is 2. The minimum absolute atomic E-state index is 0.0193. The minimum Gasteiger partial charge on any atom is -0.488 e. The average molecular weight is 693 g/mol. The van der Waals surface area contributed by atoms with Crippen LogP contribution < -0.4 is 20.9 Å². The number of nitrogen functional groups attached to an aromatic ring is 2. The van der Waals surface area contributed by atoms with Crippen LogP contribution >= 0.6 is 45.3 Å². The van der Waals surface area contributed by atoms with Crippen LogP contribution in [-0.4, -0.2) is 35.1 Å². The molecule has 0 radical (unpaired) electrons. The van der Waals surface area contributed by atoms with Crippen molar-refractivity contribution in [2.45, 2.75) is 27.1 Å². The van der Waals surface area contributed by atoms with E-state index >= 15 is 0 Å². The summed E-state index contributed by atoms with van der Waals surface area (Å²) in [4.78, 5) is 36.1. The van der Waals surface area contributed by atoms with E-state index in [0.29, 0.717) is 59.4 Å². The van der Waals surface area contributed by atoms with Gasteiger partial charge in [0.25, 0.3) is 0 Å². The highest BCUT2D eigenvalue weighted by atomic mass is 32.2. The van der Waals surface area contributed by atoms with E-state index in [1.54, 1.807) is 13.8 Å². The average Bonchev–Trinajstić information content (AvgIpc) is 3.84. The van der Waals surface area contributed by atoms with Gasteiger partial charge in [0, 0.05) is 38.4 Å². The van der Waals surface area contributed by atoms with Crippen LogP contribution in [0.25, 0.3) is 31.9 Å². The number of thiazole rings is 2. The second kappa shape index (κ2) is 13.9. The molecule has 14 heteroatoms. The Bertz CT molecular complexity index is 1890. The Morgan fingerprint density at radius 1 is 0.696 bits per heavy atom. The first-order valence-corrected chi connectivity index (χ1v) is 17.5. The number of hydrogen-bond acceptors (Lipinski definition) is 14. The molecule has 10 nitrogen and oxygen atoms in total. The molecule has 0 amide bonds. The minimum atomic E-state index is -0.467. The Hall–Kier alpha value is -4.50. The van der Waals surface area contributed by atoms with E-state index in [4.69, 9.17) is 30.4 Å². The summed E-state index contributed by atoms with van der Waals surface area (Å²) in [6.07, 6.45) is 0. The van der Waals surface area contributed by atoms with Gasteiger partial charge in [0.05, 0.1) is 28.6 Å². The summed E-state index contributed by atoms with van der Waals surface area (Å²) in [6, 6.07) is 15.0. The fourth-order valence-corrected chi connectivity index (χ4v) is 8.53. The molecule has 6 rings (SSSR count). The number of fused-ring (bicyclic) bond motifs is 1. The molecule has 0 atom stereocenters. The van der Waals surface area contributed by atoms with Crippen LogP contribution in [0, 0.1) is 0 Å². The summed E-state index contributed by atoms with van der Waals surface area (Å²) in [7, 11) is 0. The molecule has 4 aromatic heterocycles. The van der Waals surface area contributed by atoms with E-state index in [9.17, 15) is 9.59 Å². The molecular weight excluding hydrogens is 665 g/mol. The lowest BCUT2D eigenvalue weighted by atomic mass is 10.1. The molecular formula is C32H28N4O6S4. The van der Waals surface area contributed by atoms with Crippen LogP contribution in [0.2, 0.25) is 0 Å². The largest absolute Gasteiger partial charge is 0.488 e. The number of thiophene rings is 2. The number of para-hydroxylation sites is 2. The number of rotatable bonds is 12. The number of carbonyl (C=O) groups excluding carboxylic acids is 2. The van der Waals surface area contributed by atoms with Crippen LogP contribution in [0.4, 0.5) is 10.3 Å². The third-order valence-electron chi connectivity index (χ3n) is 6.78. The fraction of sp³-hybridized carbons (Fsp3) is 0.188. The molecule has 4 N–H and O–H groups in total. The maximum absolute atomic E-state index is 13.2. The summed E-state index contributed by atoms with van der Waals surface area (Å²) in [5.41, 5.74) is 15.9. The van der Waals surface area contributed by atoms with Gasteiger partial charge in [0.15, 0.2) is 10.3 Å². The lowest BCUT2D eigenvalue weighted by molar-refractivity contribution is 0.0520. The number of aromatic nitrogens is 2. The molecule has 2 aromatic carbocycles. The summed E-state index contributed by atoms with van der Waals surface area (Å²) < 4.78 is 24.4. The predicted molar refractivity (Wildman–Crippen MR) is 184 cm³/mol. The van der Waals surface area contributed by atoms with Gasteiger partial charge in [0.1, 0.15) is 34.5 Å². The maximum Gasteiger partial charge on any atom is 0.348 e. The number of anilines is 2. The first kappa shape index (κ1) is 31.5. The molecule has 236 valence electrons. The summed E-state index contributed by atoms with van der Waals surface area (Å²) in [5.74, 6) is 0.200. The summed E-state index contributed by atoms with van der Waals surface area (Å²) in [6.45, 7) is 3.97. The van der Waals surface area contributed by atoms with Gasteiger partial charge in [0.2, 0.25) is 0 Å². The normalized spacial score (nSPS) is 11.1. The number of nitrogens with zero attached hydrogens (tertiary/aromatic N) is 2.